The van der Waals surface area contributed by atoms with E-state index >= 15 is 0 Å². The molecular weight excluding hydrogens is 533 g/mol. The minimum Gasteiger partial charge on any atom is -0.340 e. The monoisotopic (exact) mass is 554 g/mol. The van der Waals surface area contributed by atoms with Gasteiger partial charge in [0.15, 0.2) is 5.82 Å². The molecule has 1 spiro atoms. The standard InChI is InChI=1S/C26H22ClF3N8O/c1-14(15-6-32-25(33-7-15)37-12-26(13-37)4-5-26)38-11-16(8-34-38)35-24(39)20-10-31-9-19(36-20)21-17(23(29)30)2-3-18(27)22(21)28/h2-3,6-11,14,23H,4-5,12-13H2,1H3,(H,35,39). The molecule has 4 heterocycles. The van der Waals surface area contributed by atoms with Crippen LogP contribution in [0, 0.1) is 11.2 Å². The summed E-state index contributed by atoms with van der Waals surface area (Å²) >= 11 is 5.80. The first-order valence-electron chi connectivity index (χ1n) is 12.2. The fourth-order valence-corrected chi connectivity index (χ4v) is 4.83. The Morgan fingerprint density at radius 3 is 2.54 bits per heavy atom. The number of aromatic nitrogens is 6. The number of carbonyl (C=O) groups is 1. The SMILES string of the molecule is CC(c1cnc(N2CC3(CC3)C2)nc1)n1cc(NC(=O)c2cncc(-c3c(C(F)F)ccc(Cl)c3F)n2)cn1. The lowest BCUT2D eigenvalue weighted by Gasteiger charge is -2.39. The van der Waals surface area contributed by atoms with Crippen LogP contribution in [0.2, 0.25) is 5.02 Å². The van der Waals surface area contributed by atoms with Crippen LogP contribution in [-0.2, 0) is 0 Å². The van der Waals surface area contributed by atoms with Crippen LogP contribution in [0.25, 0.3) is 11.3 Å². The maximum absolute atomic E-state index is 14.7. The molecule has 13 heteroatoms. The second-order valence-electron chi connectivity index (χ2n) is 9.93. The van der Waals surface area contributed by atoms with Crippen LogP contribution in [0.4, 0.5) is 24.8 Å². The molecule has 2 aliphatic rings. The molecule has 9 nitrogen and oxygen atoms in total. The number of nitrogens with one attached hydrogen (secondary N) is 1. The second kappa shape index (κ2) is 9.60. The zero-order chi connectivity index (χ0) is 27.3. The number of hydrogen-bond acceptors (Lipinski definition) is 7. The van der Waals surface area contributed by atoms with Crippen molar-refractivity contribution in [2.24, 2.45) is 5.41 Å². The largest absolute Gasteiger partial charge is 0.340 e. The van der Waals surface area contributed by atoms with E-state index in [4.69, 9.17) is 11.6 Å². The van der Waals surface area contributed by atoms with Crippen LogP contribution in [0.1, 0.15) is 53.8 Å². The molecule has 1 atom stereocenters. The summed E-state index contributed by atoms with van der Waals surface area (Å²) in [5.41, 5.74) is 0.182. The van der Waals surface area contributed by atoms with Crippen molar-refractivity contribution in [1.82, 2.24) is 29.7 Å². The lowest BCUT2D eigenvalue weighted by Crippen LogP contribution is -2.49. The van der Waals surface area contributed by atoms with Crippen molar-refractivity contribution in [2.45, 2.75) is 32.2 Å². The molecule has 1 aliphatic heterocycles. The first-order chi connectivity index (χ1) is 18.7. The van der Waals surface area contributed by atoms with Crippen molar-refractivity contribution in [1.29, 1.82) is 0 Å². The average molecular weight is 555 g/mol. The Hall–Kier alpha value is -4.06. The first kappa shape index (κ1) is 25.2. The van der Waals surface area contributed by atoms with E-state index in [1.165, 1.54) is 19.0 Å². The lowest BCUT2D eigenvalue weighted by atomic mass is 9.98. The summed E-state index contributed by atoms with van der Waals surface area (Å²) in [5, 5.41) is 6.62. The fraction of sp³-hybridized carbons (Fsp3) is 0.308. The van der Waals surface area contributed by atoms with Crippen molar-refractivity contribution in [2.75, 3.05) is 23.3 Å². The number of halogens is 4. The van der Waals surface area contributed by atoms with Gasteiger partial charge in [-0.3, -0.25) is 14.5 Å². The van der Waals surface area contributed by atoms with Crippen molar-refractivity contribution >= 4 is 29.1 Å². The highest BCUT2D eigenvalue weighted by Gasteiger charge is 2.53. The van der Waals surface area contributed by atoms with Gasteiger partial charge in [0.05, 0.1) is 41.0 Å². The first-order valence-corrected chi connectivity index (χ1v) is 12.6. The number of hydrogen-bond donors (Lipinski definition) is 1. The summed E-state index contributed by atoms with van der Waals surface area (Å²) in [5.74, 6) is -1.02. The van der Waals surface area contributed by atoms with Gasteiger partial charge >= 0.3 is 0 Å². The highest BCUT2D eigenvalue weighted by molar-refractivity contribution is 6.31. The van der Waals surface area contributed by atoms with Gasteiger partial charge in [0.2, 0.25) is 5.95 Å². The van der Waals surface area contributed by atoms with Crippen LogP contribution in [-0.4, -0.2) is 48.7 Å². The minimum atomic E-state index is -2.98. The zero-order valence-corrected chi connectivity index (χ0v) is 21.4. The van der Waals surface area contributed by atoms with E-state index in [0.29, 0.717) is 11.1 Å². The molecule has 1 amide bonds. The lowest BCUT2D eigenvalue weighted by molar-refractivity contribution is 0.102. The fourth-order valence-electron chi connectivity index (χ4n) is 4.67. The van der Waals surface area contributed by atoms with Crippen LogP contribution in [0.3, 0.4) is 0 Å². The van der Waals surface area contributed by atoms with Gasteiger partial charge in [-0.1, -0.05) is 17.7 Å². The van der Waals surface area contributed by atoms with Gasteiger partial charge in [-0.2, -0.15) is 5.10 Å². The smallest absolute Gasteiger partial charge is 0.275 e. The van der Waals surface area contributed by atoms with Crippen LogP contribution < -0.4 is 10.2 Å². The molecule has 0 bridgehead atoms. The molecule has 4 aromatic rings. The van der Waals surface area contributed by atoms with E-state index in [1.54, 1.807) is 23.3 Å². The average Bonchev–Trinajstić information content (AvgIpc) is 3.60. The molecule has 1 unspecified atom stereocenters. The molecule has 39 heavy (non-hydrogen) atoms. The molecular formula is C26H22ClF3N8O. The summed E-state index contributed by atoms with van der Waals surface area (Å²) in [6.07, 6.45) is 8.47. The van der Waals surface area contributed by atoms with Crippen molar-refractivity contribution in [3.63, 3.8) is 0 Å². The molecule has 0 radical (unpaired) electrons. The minimum absolute atomic E-state index is 0.198. The van der Waals surface area contributed by atoms with Gasteiger partial charge in [0.25, 0.3) is 12.3 Å². The molecule has 1 aliphatic carbocycles. The Balaban J connectivity index is 1.15. The van der Waals surface area contributed by atoms with E-state index in [1.807, 2.05) is 6.92 Å². The number of rotatable bonds is 7. The summed E-state index contributed by atoms with van der Waals surface area (Å²) in [4.78, 5) is 32.0. The molecule has 1 N–H and O–H groups in total. The Morgan fingerprint density at radius 2 is 1.85 bits per heavy atom. The summed E-state index contributed by atoms with van der Waals surface area (Å²) in [6.45, 7) is 3.95. The molecule has 1 saturated carbocycles. The van der Waals surface area contributed by atoms with E-state index < -0.39 is 29.3 Å². The Labute approximate surface area is 226 Å². The van der Waals surface area contributed by atoms with Gasteiger partial charge in [-0.25, -0.2) is 28.1 Å². The van der Waals surface area contributed by atoms with Gasteiger partial charge in [-0.05, 0) is 25.8 Å². The molecule has 200 valence electrons. The second-order valence-corrected chi connectivity index (χ2v) is 10.3. The highest BCUT2D eigenvalue weighted by Crippen LogP contribution is 2.53. The number of alkyl halides is 2. The number of carbonyl (C=O) groups excluding carboxylic acids is 1. The predicted octanol–water partition coefficient (Wildman–Crippen LogP) is 5.32. The molecule has 1 aromatic carbocycles. The maximum atomic E-state index is 14.7. The Bertz CT molecular complexity index is 1550. The van der Waals surface area contributed by atoms with E-state index in [2.05, 4.69) is 35.3 Å². The van der Waals surface area contributed by atoms with Gasteiger partial charge < -0.3 is 10.2 Å². The number of anilines is 2. The van der Waals surface area contributed by atoms with Crippen LogP contribution in [0.5, 0.6) is 0 Å². The third kappa shape index (κ3) is 4.80. The van der Waals surface area contributed by atoms with Crippen LogP contribution >= 0.6 is 11.6 Å². The molecule has 1 saturated heterocycles. The Kier molecular flexibility index (Phi) is 6.21. The zero-order valence-electron chi connectivity index (χ0n) is 20.7. The van der Waals surface area contributed by atoms with E-state index in [9.17, 15) is 18.0 Å². The summed E-state index contributed by atoms with van der Waals surface area (Å²) < 4.78 is 43.3. The van der Waals surface area contributed by atoms with Crippen molar-refractivity contribution in [3.05, 3.63) is 77.0 Å². The molecule has 3 aromatic heterocycles. The number of amides is 1. The van der Waals surface area contributed by atoms with Crippen molar-refractivity contribution < 1.29 is 18.0 Å². The maximum Gasteiger partial charge on any atom is 0.275 e. The Morgan fingerprint density at radius 1 is 1.10 bits per heavy atom. The van der Waals surface area contributed by atoms with Crippen molar-refractivity contribution in [3.8, 4) is 11.3 Å². The molecule has 6 rings (SSSR count). The summed E-state index contributed by atoms with van der Waals surface area (Å²) in [6, 6.07) is 1.85. The quantitative estimate of drug-likeness (QED) is 0.330. The van der Waals surface area contributed by atoms with Crippen LogP contribution in [0.15, 0.2) is 49.3 Å². The number of benzene rings is 1. The van der Waals surface area contributed by atoms with Gasteiger partial charge in [0, 0.05) is 53.8 Å². The predicted molar refractivity (Wildman–Crippen MR) is 137 cm³/mol. The normalized spacial score (nSPS) is 16.3. The topological polar surface area (TPSA) is 102 Å². The highest BCUT2D eigenvalue weighted by atomic mass is 35.5. The summed E-state index contributed by atoms with van der Waals surface area (Å²) in [7, 11) is 0. The number of nitrogens with zero attached hydrogens (tertiary/aromatic N) is 7. The van der Waals surface area contributed by atoms with Gasteiger partial charge in [-0.15, -0.1) is 0 Å². The van der Waals surface area contributed by atoms with E-state index in [-0.39, 0.29) is 22.5 Å². The third-order valence-corrected chi connectivity index (χ3v) is 7.47. The van der Waals surface area contributed by atoms with Gasteiger partial charge in [0.1, 0.15) is 5.69 Å². The molecule has 2 fully saturated rings. The third-order valence-electron chi connectivity index (χ3n) is 7.17. The van der Waals surface area contributed by atoms with E-state index in [0.717, 1.165) is 49.1 Å².